The first-order valence-corrected chi connectivity index (χ1v) is 13.3. The molecule has 1 fully saturated rings. The van der Waals surface area contributed by atoms with Gasteiger partial charge in [0.1, 0.15) is 17.8 Å². The third-order valence-electron chi connectivity index (χ3n) is 6.66. The van der Waals surface area contributed by atoms with Crippen LogP contribution in [0.2, 0.25) is 0 Å². The molecule has 1 aromatic carbocycles. The number of hydrogen-bond donors (Lipinski definition) is 2. The number of H-pyrrole nitrogens is 1. The average molecular weight is 482 g/mol. The smallest absolute Gasteiger partial charge is 0.241 e. The van der Waals surface area contributed by atoms with Gasteiger partial charge in [-0.25, -0.2) is 8.42 Å². The molecule has 0 bridgehead atoms. The van der Waals surface area contributed by atoms with E-state index in [0.29, 0.717) is 31.2 Å². The van der Waals surface area contributed by atoms with E-state index in [1.807, 2.05) is 6.07 Å². The van der Waals surface area contributed by atoms with E-state index in [4.69, 9.17) is 0 Å². The lowest BCUT2D eigenvalue weighted by Gasteiger charge is -2.34. The van der Waals surface area contributed by atoms with Crippen LogP contribution in [-0.2, 0) is 21.4 Å². The Kier molecular flexibility index (Phi) is 7.39. The number of amides is 1. The molecule has 1 aliphatic rings. The molecule has 0 saturated carbocycles. The van der Waals surface area contributed by atoms with Crippen LogP contribution < -0.4 is 4.72 Å². The van der Waals surface area contributed by atoms with Crippen molar-refractivity contribution >= 4 is 26.8 Å². The number of benzene rings is 1. The van der Waals surface area contributed by atoms with Crippen LogP contribution in [0.3, 0.4) is 0 Å². The Morgan fingerprint density at radius 2 is 2.06 bits per heavy atom. The van der Waals surface area contributed by atoms with E-state index in [9.17, 15) is 18.5 Å². The number of nitriles is 1. The quantitative estimate of drug-likeness (QED) is 0.486. The number of rotatable bonds is 9. The van der Waals surface area contributed by atoms with Gasteiger partial charge in [-0.15, -0.1) is 0 Å². The number of carbonyl (C=O) groups is 1. The number of aromatic amines is 1. The number of carbonyl (C=O) groups excluding carboxylic acids is 1. The van der Waals surface area contributed by atoms with Crippen molar-refractivity contribution in [2.75, 3.05) is 13.1 Å². The van der Waals surface area contributed by atoms with Gasteiger partial charge in [0.25, 0.3) is 0 Å². The largest absolute Gasteiger partial charge is 0.361 e. The molecule has 2 aromatic heterocycles. The highest BCUT2D eigenvalue weighted by Gasteiger charge is 2.31. The first kappa shape index (κ1) is 24.0. The molecule has 4 rings (SSSR count). The highest BCUT2D eigenvalue weighted by molar-refractivity contribution is 7.89. The van der Waals surface area contributed by atoms with Crippen molar-refractivity contribution in [3.05, 3.63) is 54.5 Å². The monoisotopic (exact) mass is 481 g/mol. The molecule has 1 aliphatic heterocycles. The van der Waals surface area contributed by atoms with Gasteiger partial charge in [0.15, 0.2) is 0 Å². The third-order valence-corrected chi connectivity index (χ3v) is 8.13. The molecule has 1 saturated heterocycles. The maximum absolute atomic E-state index is 13.5. The minimum atomic E-state index is -3.93. The highest BCUT2D eigenvalue weighted by atomic mass is 32.2. The summed E-state index contributed by atoms with van der Waals surface area (Å²) in [6, 6.07) is 11.4. The van der Waals surface area contributed by atoms with Crippen molar-refractivity contribution in [1.29, 1.82) is 5.26 Å². The second-order valence-electron chi connectivity index (χ2n) is 8.95. The van der Waals surface area contributed by atoms with Gasteiger partial charge in [0.2, 0.25) is 15.9 Å². The van der Waals surface area contributed by atoms with Crippen LogP contribution in [0.25, 0.3) is 10.9 Å². The number of nitrogens with one attached hydrogen (secondary N) is 2. The number of aromatic nitrogens is 2. The third kappa shape index (κ3) is 5.34. The topological polar surface area (TPSA) is 111 Å². The first-order chi connectivity index (χ1) is 16.4. The lowest BCUT2D eigenvalue weighted by atomic mass is 9.92. The Morgan fingerprint density at radius 3 is 2.79 bits per heavy atom. The molecule has 34 heavy (non-hydrogen) atoms. The van der Waals surface area contributed by atoms with Gasteiger partial charge in [-0.3, -0.25) is 4.79 Å². The molecule has 180 valence electrons. The van der Waals surface area contributed by atoms with Crippen LogP contribution in [0.4, 0.5) is 0 Å². The van der Waals surface area contributed by atoms with Gasteiger partial charge in [0.05, 0.1) is 4.90 Å². The average Bonchev–Trinajstić information content (AvgIpc) is 3.50. The summed E-state index contributed by atoms with van der Waals surface area (Å²) in [5.74, 6) is 0.417. The molecule has 9 heteroatoms. The Balaban J connectivity index is 1.53. The van der Waals surface area contributed by atoms with Crippen LogP contribution in [0, 0.1) is 17.2 Å². The zero-order valence-electron chi connectivity index (χ0n) is 19.4. The van der Waals surface area contributed by atoms with E-state index in [1.54, 1.807) is 52.2 Å². The van der Waals surface area contributed by atoms with Gasteiger partial charge in [-0.1, -0.05) is 25.8 Å². The number of sulfonamides is 1. The van der Waals surface area contributed by atoms with Crippen molar-refractivity contribution in [3.8, 4) is 6.07 Å². The standard InChI is InChI=1S/C25H31N5O3S/c1-2-4-19-9-14-30(15-10-19)25(31)23(11-16-29-13-3-5-21(29)18-26)28-34(32,33)22-7-6-20-8-12-27-24(20)17-22/h3,5-8,12-13,17,19,23,27-28H,2,4,9-11,14-16H2,1H3. The van der Waals surface area contributed by atoms with E-state index in [1.165, 1.54) is 0 Å². The normalized spacial score (nSPS) is 15.9. The van der Waals surface area contributed by atoms with Crippen LogP contribution in [-0.4, -0.2) is 47.9 Å². The molecule has 1 unspecified atom stereocenters. The van der Waals surface area contributed by atoms with Gasteiger partial charge >= 0.3 is 0 Å². The summed E-state index contributed by atoms with van der Waals surface area (Å²) in [7, 11) is -3.93. The van der Waals surface area contributed by atoms with Gasteiger partial charge in [-0.05, 0) is 60.9 Å². The predicted octanol–water partition coefficient (Wildman–Crippen LogP) is 3.62. The molecule has 0 radical (unpaired) electrons. The van der Waals surface area contributed by atoms with Crippen molar-refractivity contribution in [1.82, 2.24) is 19.2 Å². The van der Waals surface area contributed by atoms with Crippen molar-refractivity contribution in [3.63, 3.8) is 0 Å². The van der Waals surface area contributed by atoms with Crippen molar-refractivity contribution < 1.29 is 13.2 Å². The number of hydrogen-bond acceptors (Lipinski definition) is 4. The van der Waals surface area contributed by atoms with E-state index < -0.39 is 16.1 Å². The summed E-state index contributed by atoms with van der Waals surface area (Å²) >= 11 is 0. The Morgan fingerprint density at radius 1 is 1.26 bits per heavy atom. The second kappa shape index (κ2) is 10.5. The number of fused-ring (bicyclic) bond motifs is 1. The molecule has 3 aromatic rings. The Hall–Kier alpha value is -3.09. The van der Waals surface area contributed by atoms with Gasteiger partial charge in [0, 0.05) is 37.5 Å². The van der Waals surface area contributed by atoms with E-state index in [-0.39, 0.29) is 17.2 Å². The summed E-state index contributed by atoms with van der Waals surface area (Å²) in [6.07, 6.45) is 7.95. The summed E-state index contributed by atoms with van der Waals surface area (Å²) in [4.78, 5) is 18.4. The lowest BCUT2D eigenvalue weighted by Crippen LogP contribution is -2.51. The summed E-state index contributed by atoms with van der Waals surface area (Å²) < 4.78 is 30.9. The minimum absolute atomic E-state index is 0.112. The van der Waals surface area contributed by atoms with Crippen LogP contribution in [0.15, 0.2) is 53.7 Å². The predicted molar refractivity (Wildman–Crippen MR) is 130 cm³/mol. The highest BCUT2D eigenvalue weighted by Crippen LogP contribution is 2.23. The van der Waals surface area contributed by atoms with Crippen molar-refractivity contribution in [2.24, 2.45) is 5.92 Å². The summed E-state index contributed by atoms with van der Waals surface area (Å²) in [5, 5.41) is 10.2. The second-order valence-corrected chi connectivity index (χ2v) is 10.7. The molecule has 1 atom stereocenters. The number of piperidine rings is 1. The Labute approximate surface area is 200 Å². The lowest BCUT2D eigenvalue weighted by molar-refractivity contribution is -0.134. The minimum Gasteiger partial charge on any atom is -0.361 e. The fourth-order valence-corrected chi connectivity index (χ4v) is 5.98. The van der Waals surface area contributed by atoms with Gasteiger partial charge < -0.3 is 14.5 Å². The molecular formula is C25H31N5O3S. The molecule has 2 N–H and O–H groups in total. The fourth-order valence-electron chi connectivity index (χ4n) is 4.73. The molecule has 8 nitrogen and oxygen atoms in total. The van der Waals surface area contributed by atoms with Crippen LogP contribution in [0.5, 0.6) is 0 Å². The van der Waals surface area contributed by atoms with Gasteiger partial charge in [-0.2, -0.15) is 9.98 Å². The van der Waals surface area contributed by atoms with Crippen LogP contribution >= 0.6 is 0 Å². The van der Waals surface area contributed by atoms with Crippen molar-refractivity contribution in [2.45, 2.75) is 56.5 Å². The van der Waals surface area contributed by atoms with E-state index in [2.05, 4.69) is 22.7 Å². The Bertz CT molecular complexity index is 1280. The molecule has 1 amide bonds. The molecule has 0 aliphatic carbocycles. The zero-order valence-corrected chi connectivity index (χ0v) is 20.2. The molecule has 0 spiro atoms. The maximum Gasteiger partial charge on any atom is 0.241 e. The summed E-state index contributed by atoms with van der Waals surface area (Å²) in [6.45, 7) is 3.81. The first-order valence-electron chi connectivity index (χ1n) is 11.8. The fraction of sp³-hybridized carbons (Fsp3) is 0.440. The number of aryl methyl sites for hydroxylation is 1. The van der Waals surface area contributed by atoms with E-state index >= 15 is 0 Å². The summed E-state index contributed by atoms with van der Waals surface area (Å²) in [5.41, 5.74) is 1.20. The number of likely N-dealkylation sites (tertiary alicyclic amines) is 1. The zero-order chi connectivity index (χ0) is 24.1. The van der Waals surface area contributed by atoms with E-state index in [0.717, 1.165) is 36.6 Å². The molecule has 3 heterocycles. The molecular weight excluding hydrogens is 450 g/mol. The number of nitrogens with zero attached hydrogens (tertiary/aromatic N) is 3. The van der Waals surface area contributed by atoms with Crippen LogP contribution in [0.1, 0.15) is 44.7 Å². The maximum atomic E-state index is 13.5. The SMILES string of the molecule is CCCC1CCN(C(=O)C(CCn2cccc2C#N)NS(=O)(=O)c2ccc3cc[nH]c3c2)CC1.